The van der Waals surface area contributed by atoms with Gasteiger partial charge < -0.3 is 14.8 Å². The van der Waals surface area contributed by atoms with Crippen LogP contribution < -0.4 is 19.1 Å². The maximum Gasteiger partial charge on any atom is 0.244 e. The number of sulfonamides is 1. The number of halogens is 1. The lowest BCUT2D eigenvalue weighted by molar-refractivity contribution is -0.122. The Bertz CT molecular complexity index is 1070. The number of carbonyl (C=O) groups excluding carboxylic acids is 1. The van der Waals surface area contributed by atoms with E-state index in [9.17, 15) is 13.2 Å². The second-order valence-electron chi connectivity index (χ2n) is 7.55. The highest BCUT2D eigenvalue weighted by Gasteiger charge is 2.32. The maximum atomic E-state index is 13.2. The Labute approximate surface area is 188 Å². The molecule has 0 spiro atoms. The minimum absolute atomic E-state index is 0.290. The van der Waals surface area contributed by atoms with Crippen molar-refractivity contribution < 1.29 is 22.7 Å². The molecule has 3 rings (SSSR count). The summed E-state index contributed by atoms with van der Waals surface area (Å²) >= 11 is 6.21. The van der Waals surface area contributed by atoms with E-state index in [2.05, 4.69) is 5.32 Å². The van der Waals surface area contributed by atoms with Gasteiger partial charge in [-0.2, -0.15) is 0 Å². The third kappa shape index (κ3) is 5.25. The standard InChI is InChI=1S/C22H27ClN2O5S/c1-5-19(25(31(4,27)28)17-8-6-14(2)18(23)13-17)22(26)24-15(3)16-7-9-20-21(12-16)30-11-10-29-20/h6-9,12-13,15,19H,5,10-11H2,1-4H3,(H,24,26)/t15-,19-/m0/s1. The van der Waals surface area contributed by atoms with E-state index >= 15 is 0 Å². The third-order valence-electron chi connectivity index (χ3n) is 5.16. The molecule has 0 fully saturated rings. The molecular weight excluding hydrogens is 440 g/mol. The van der Waals surface area contributed by atoms with Crippen molar-refractivity contribution in [2.24, 2.45) is 0 Å². The summed E-state index contributed by atoms with van der Waals surface area (Å²) in [5.74, 6) is 0.899. The molecule has 168 valence electrons. The number of hydrogen-bond acceptors (Lipinski definition) is 5. The lowest BCUT2D eigenvalue weighted by atomic mass is 10.1. The first-order valence-corrected chi connectivity index (χ1v) is 12.3. The van der Waals surface area contributed by atoms with E-state index in [4.69, 9.17) is 21.1 Å². The van der Waals surface area contributed by atoms with Crippen LogP contribution in [0.25, 0.3) is 0 Å². The zero-order valence-electron chi connectivity index (χ0n) is 18.0. The average molecular weight is 467 g/mol. The smallest absolute Gasteiger partial charge is 0.244 e. The van der Waals surface area contributed by atoms with Crippen molar-refractivity contribution in [2.45, 2.75) is 39.3 Å². The quantitative estimate of drug-likeness (QED) is 0.670. The summed E-state index contributed by atoms with van der Waals surface area (Å²) in [7, 11) is -3.74. The van der Waals surface area contributed by atoms with Crippen LogP contribution >= 0.6 is 11.6 Å². The molecule has 7 nitrogen and oxygen atoms in total. The summed E-state index contributed by atoms with van der Waals surface area (Å²) < 4.78 is 37.5. The topological polar surface area (TPSA) is 84.9 Å². The van der Waals surface area contributed by atoms with Crippen LogP contribution in [-0.2, 0) is 14.8 Å². The normalized spacial score (nSPS) is 15.1. The molecule has 0 unspecified atom stereocenters. The van der Waals surface area contributed by atoms with E-state index in [1.54, 1.807) is 31.2 Å². The molecule has 1 aliphatic rings. The molecule has 2 aromatic carbocycles. The largest absolute Gasteiger partial charge is 0.486 e. The fraction of sp³-hybridized carbons (Fsp3) is 0.409. The van der Waals surface area contributed by atoms with Crippen LogP contribution in [0.3, 0.4) is 0 Å². The molecule has 1 N–H and O–H groups in total. The Balaban J connectivity index is 1.85. The van der Waals surface area contributed by atoms with E-state index in [1.165, 1.54) is 0 Å². The van der Waals surface area contributed by atoms with Crippen molar-refractivity contribution in [1.82, 2.24) is 5.32 Å². The van der Waals surface area contributed by atoms with Crippen molar-refractivity contribution in [3.63, 3.8) is 0 Å². The van der Waals surface area contributed by atoms with Crippen molar-refractivity contribution in [3.05, 3.63) is 52.5 Å². The highest BCUT2D eigenvalue weighted by atomic mass is 35.5. The molecule has 1 amide bonds. The van der Waals surface area contributed by atoms with E-state index in [1.807, 2.05) is 26.0 Å². The van der Waals surface area contributed by atoms with Crippen LogP contribution in [0.5, 0.6) is 11.5 Å². The lowest BCUT2D eigenvalue weighted by Crippen LogP contribution is -2.49. The monoisotopic (exact) mass is 466 g/mol. The fourth-order valence-corrected chi connectivity index (χ4v) is 4.88. The fourth-order valence-electron chi connectivity index (χ4n) is 3.50. The van der Waals surface area contributed by atoms with Crippen molar-refractivity contribution >= 4 is 33.2 Å². The molecule has 1 heterocycles. The minimum atomic E-state index is -3.74. The van der Waals surface area contributed by atoms with Gasteiger partial charge in [0.2, 0.25) is 15.9 Å². The Morgan fingerprint density at radius 3 is 2.45 bits per heavy atom. The van der Waals surface area contributed by atoms with Crippen molar-refractivity contribution in [3.8, 4) is 11.5 Å². The van der Waals surface area contributed by atoms with Gasteiger partial charge in [-0.05, 0) is 55.7 Å². The van der Waals surface area contributed by atoms with Crippen molar-refractivity contribution in [2.75, 3.05) is 23.8 Å². The number of nitrogens with one attached hydrogen (secondary N) is 1. The van der Waals surface area contributed by atoms with Crippen LogP contribution in [-0.4, -0.2) is 39.8 Å². The highest BCUT2D eigenvalue weighted by Crippen LogP contribution is 2.33. The number of amides is 1. The van der Waals surface area contributed by atoms with Gasteiger partial charge in [0.15, 0.2) is 11.5 Å². The molecule has 0 radical (unpaired) electrons. The van der Waals surface area contributed by atoms with Gasteiger partial charge in [0.25, 0.3) is 0 Å². The first-order valence-electron chi connectivity index (χ1n) is 10.1. The van der Waals surface area contributed by atoms with Crippen LogP contribution in [0.4, 0.5) is 5.69 Å². The zero-order chi connectivity index (χ0) is 22.8. The summed E-state index contributed by atoms with van der Waals surface area (Å²) in [5, 5.41) is 3.36. The second-order valence-corrected chi connectivity index (χ2v) is 9.82. The Morgan fingerprint density at radius 1 is 1.16 bits per heavy atom. The van der Waals surface area contributed by atoms with Gasteiger partial charge in [0.05, 0.1) is 18.0 Å². The molecule has 0 aromatic heterocycles. The molecule has 1 aliphatic heterocycles. The first kappa shape index (κ1) is 23.2. The maximum absolute atomic E-state index is 13.2. The van der Waals surface area contributed by atoms with Crippen LogP contribution in [0.1, 0.15) is 37.4 Å². The number of nitrogens with zero attached hydrogens (tertiary/aromatic N) is 1. The third-order valence-corrected chi connectivity index (χ3v) is 6.75. The van der Waals surface area contributed by atoms with Crippen molar-refractivity contribution in [1.29, 1.82) is 0 Å². The molecule has 0 saturated carbocycles. The number of fused-ring (bicyclic) bond motifs is 1. The van der Waals surface area contributed by atoms with E-state index in [0.29, 0.717) is 35.4 Å². The highest BCUT2D eigenvalue weighted by molar-refractivity contribution is 7.92. The van der Waals surface area contributed by atoms with Gasteiger partial charge in [0, 0.05) is 5.02 Å². The van der Waals surface area contributed by atoms with Gasteiger partial charge in [-0.1, -0.05) is 30.7 Å². The van der Waals surface area contributed by atoms with Gasteiger partial charge in [-0.15, -0.1) is 0 Å². The predicted octanol–water partition coefficient (Wildman–Crippen LogP) is 3.84. The SMILES string of the molecule is CC[C@@H](C(=O)N[C@@H](C)c1ccc2c(c1)OCCO2)N(c1ccc(C)c(Cl)c1)S(C)(=O)=O. The van der Waals surface area contributed by atoms with Crippen LogP contribution in [0, 0.1) is 6.92 Å². The van der Waals surface area contributed by atoms with Gasteiger partial charge in [-0.3, -0.25) is 9.10 Å². The van der Waals surface area contributed by atoms with Crippen LogP contribution in [0.2, 0.25) is 5.02 Å². The van der Waals surface area contributed by atoms with Crippen LogP contribution in [0.15, 0.2) is 36.4 Å². The van der Waals surface area contributed by atoms with Gasteiger partial charge in [-0.25, -0.2) is 8.42 Å². The number of ether oxygens (including phenoxy) is 2. The molecule has 9 heteroatoms. The summed E-state index contributed by atoms with van der Waals surface area (Å²) in [6.45, 7) is 6.41. The average Bonchev–Trinajstić information content (AvgIpc) is 2.72. The molecular formula is C22H27ClN2O5S. The number of hydrogen-bond donors (Lipinski definition) is 1. The number of rotatable bonds is 7. The Hall–Kier alpha value is -2.45. The molecule has 0 bridgehead atoms. The number of carbonyl (C=O) groups is 1. The predicted molar refractivity (Wildman–Crippen MR) is 122 cm³/mol. The molecule has 0 aliphatic carbocycles. The second kappa shape index (κ2) is 9.36. The summed E-state index contributed by atoms with van der Waals surface area (Å²) in [4.78, 5) is 13.2. The van der Waals surface area contributed by atoms with Gasteiger partial charge in [0.1, 0.15) is 19.3 Å². The summed E-state index contributed by atoms with van der Waals surface area (Å²) in [5.41, 5.74) is 2.01. The number of anilines is 1. The summed E-state index contributed by atoms with van der Waals surface area (Å²) in [6.07, 6.45) is 1.37. The molecule has 2 atom stereocenters. The van der Waals surface area contributed by atoms with E-state index in [0.717, 1.165) is 21.7 Å². The van der Waals surface area contributed by atoms with Gasteiger partial charge >= 0.3 is 0 Å². The van der Waals surface area contributed by atoms with E-state index < -0.39 is 22.0 Å². The minimum Gasteiger partial charge on any atom is -0.486 e. The molecule has 0 saturated heterocycles. The Kier molecular flexibility index (Phi) is 7.01. The zero-order valence-corrected chi connectivity index (χ0v) is 19.6. The van der Waals surface area contributed by atoms with E-state index in [-0.39, 0.29) is 12.5 Å². The first-order chi connectivity index (χ1) is 14.6. The summed E-state index contributed by atoms with van der Waals surface area (Å²) in [6, 6.07) is 9.16. The molecule has 2 aromatic rings. The Morgan fingerprint density at radius 2 is 1.84 bits per heavy atom. The lowest BCUT2D eigenvalue weighted by Gasteiger charge is -2.31. The number of benzene rings is 2. The number of aryl methyl sites for hydroxylation is 1. The molecule has 31 heavy (non-hydrogen) atoms.